The van der Waals surface area contributed by atoms with Crippen LogP contribution in [0.1, 0.15) is 13.8 Å². The standard InChI is InChI=1S/C8H10O4.C4H4O2/c1-7(9)11-5-3-4-6-12-8(2)10;5-3-1-2-4-6/h3-6H,1-2H3;1-4H. The molecule has 0 aliphatic rings. The molecule has 0 saturated carbocycles. The maximum atomic E-state index is 10.2. The van der Waals surface area contributed by atoms with Gasteiger partial charge in [-0.15, -0.1) is 0 Å². The third kappa shape index (κ3) is 23.4. The zero-order valence-electron chi connectivity index (χ0n) is 10.1. The molecular formula is C12H14O6. The van der Waals surface area contributed by atoms with Gasteiger partial charge in [0.25, 0.3) is 0 Å². The minimum atomic E-state index is -0.396. The van der Waals surface area contributed by atoms with Gasteiger partial charge in [-0.25, -0.2) is 0 Å². The van der Waals surface area contributed by atoms with Crippen molar-refractivity contribution < 1.29 is 28.7 Å². The first-order chi connectivity index (χ1) is 8.54. The van der Waals surface area contributed by atoms with Crippen molar-refractivity contribution in [1.29, 1.82) is 0 Å². The van der Waals surface area contributed by atoms with Crippen molar-refractivity contribution in [2.75, 3.05) is 0 Å². The third-order valence-corrected chi connectivity index (χ3v) is 1.00. The van der Waals surface area contributed by atoms with Crippen LogP contribution < -0.4 is 0 Å². The SMILES string of the molecule is CC(=O)OC=CC=COC(C)=O.O=CC=CC=O. The number of hydrogen-bond acceptors (Lipinski definition) is 6. The zero-order valence-corrected chi connectivity index (χ0v) is 10.1. The van der Waals surface area contributed by atoms with Gasteiger partial charge in [-0.3, -0.25) is 19.2 Å². The van der Waals surface area contributed by atoms with Crippen LogP contribution in [0.25, 0.3) is 0 Å². The van der Waals surface area contributed by atoms with E-state index in [4.69, 9.17) is 0 Å². The Morgan fingerprint density at radius 1 is 0.722 bits per heavy atom. The number of carbonyl (C=O) groups excluding carboxylic acids is 4. The smallest absolute Gasteiger partial charge is 0.307 e. The largest absolute Gasteiger partial charge is 0.435 e. The lowest BCUT2D eigenvalue weighted by Crippen LogP contribution is -1.89. The first-order valence-electron chi connectivity index (χ1n) is 4.76. The van der Waals surface area contributed by atoms with Crippen LogP contribution in [-0.4, -0.2) is 24.5 Å². The molecule has 6 nitrogen and oxygen atoms in total. The van der Waals surface area contributed by atoms with Gasteiger partial charge in [0.2, 0.25) is 0 Å². The van der Waals surface area contributed by atoms with E-state index in [9.17, 15) is 19.2 Å². The molecule has 0 aromatic rings. The molecule has 0 heterocycles. The summed E-state index contributed by atoms with van der Waals surface area (Å²) in [7, 11) is 0. The van der Waals surface area contributed by atoms with Crippen LogP contribution >= 0.6 is 0 Å². The van der Waals surface area contributed by atoms with Gasteiger partial charge < -0.3 is 9.47 Å². The Hall–Kier alpha value is -2.50. The highest BCUT2D eigenvalue weighted by Crippen LogP contribution is 1.83. The quantitative estimate of drug-likeness (QED) is 0.240. The van der Waals surface area contributed by atoms with Crippen molar-refractivity contribution in [2.24, 2.45) is 0 Å². The predicted octanol–water partition coefficient (Wildman–Crippen LogP) is 1.08. The molecular weight excluding hydrogens is 240 g/mol. The number of carbonyl (C=O) groups is 4. The maximum absolute atomic E-state index is 10.2. The molecule has 0 saturated heterocycles. The van der Waals surface area contributed by atoms with Gasteiger partial charge >= 0.3 is 11.9 Å². The number of rotatable bonds is 5. The molecule has 0 spiro atoms. The summed E-state index contributed by atoms with van der Waals surface area (Å²) in [6, 6.07) is 0. The summed E-state index contributed by atoms with van der Waals surface area (Å²) >= 11 is 0. The van der Waals surface area contributed by atoms with E-state index in [0.29, 0.717) is 12.6 Å². The van der Waals surface area contributed by atoms with Crippen LogP contribution in [-0.2, 0) is 28.7 Å². The Labute approximate surface area is 105 Å². The molecule has 0 unspecified atom stereocenters. The van der Waals surface area contributed by atoms with Crippen LogP contribution in [0, 0.1) is 0 Å². The van der Waals surface area contributed by atoms with E-state index in [0.717, 1.165) is 12.2 Å². The Kier molecular flexibility index (Phi) is 14.4. The van der Waals surface area contributed by atoms with Crippen LogP contribution in [0.3, 0.4) is 0 Å². The summed E-state index contributed by atoms with van der Waals surface area (Å²) in [5, 5.41) is 0. The third-order valence-electron chi connectivity index (χ3n) is 1.00. The lowest BCUT2D eigenvalue weighted by atomic mass is 10.6. The fourth-order valence-corrected chi connectivity index (χ4v) is 0.452. The van der Waals surface area contributed by atoms with E-state index in [1.54, 1.807) is 0 Å². The molecule has 0 bridgehead atoms. The second-order valence-electron chi connectivity index (χ2n) is 2.53. The fraction of sp³-hybridized carbons (Fsp3) is 0.167. The lowest BCUT2D eigenvalue weighted by molar-refractivity contribution is -0.136. The highest BCUT2D eigenvalue weighted by Gasteiger charge is 1.83. The van der Waals surface area contributed by atoms with Gasteiger partial charge in [-0.1, -0.05) is 0 Å². The Morgan fingerprint density at radius 2 is 1.06 bits per heavy atom. The molecule has 18 heavy (non-hydrogen) atoms. The topological polar surface area (TPSA) is 86.7 Å². The second-order valence-corrected chi connectivity index (χ2v) is 2.53. The first kappa shape index (κ1) is 17.9. The van der Waals surface area contributed by atoms with Gasteiger partial charge in [0.05, 0.1) is 12.5 Å². The first-order valence-corrected chi connectivity index (χ1v) is 4.76. The lowest BCUT2D eigenvalue weighted by Gasteiger charge is -1.88. The van der Waals surface area contributed by atoms with E-state index in [1.807, 2.05) is 0 Å². The van der Waals surface area contributed by atoms with Crippen LogP contribution in [0.5, 0.6) is 0 Å². The van der Waals surface area contributed by atoms with E-state index in [1.165, 1.54) is 38.5 Å². The molecule has 0 N–H and O–H groups in total. The molecule has 98 valence electrons. The van der Waals surface area contributed by atoms with Gasteiger partial charge in [0.15, 0.2) is 0 Å². The van der Waals surface area contributed by atoms with Gasteiger partial charge in [0.1, 0.15) is 12.6 Å². The summed E-state index contributed by atoms with van der Waals surface area (Å²) in [6.07, 6.45) is 8.63. The molecule has 0 aliphatic carbocycles. The summed E-state index contributed by atoms with van der Waals surface area (Å²) in [6.45, 7) is 2.58. The Morgan fingerprint density at radius 3 is 1.28 bits per heavy atom. The fourth-order valence-electron chi connectivity index (χ4n) is 0.452. The van der Waals surface area contributed by atoms with Crippen LogP contribution in [0.15, 0.2) is 36.8 Å². The highest BCUT2D eigenvalue weighted by atomic mass is 16.5. The number of esters is 2. The number of allylic oxidation sites excluding steroid dienone is 4. The van der Waals surface area contributed by atoms with Crippen LogP contribution in [0.2, 0.25) is 0 Å². The summed E-state index contributed by atoms with van der Waals surface area (Å²) in [5.41, 5.74) is 0. The molecule has 0 aromatic carbocycles. The molecule has 0 aromatic heterocycles. The summed E-state index contributed by atoms with van der Waals surface area (Å²) in [5.74, 6) is -0.792. The molecule has 0 amide bonds. The number of aldehydes is 2. The second kappa shape index (κ2) is 14.5. The van der Waals surface area contributed by atoms with Crippen LogP contribution in [0.4, 0.5) is 0 Å². The van der Waals surface area contributed by atoms with Crippen molar-refractivity contribution in [3.63, 3.8) is 0 Å². The predicted molar refractivity (Wildman–Crippen MR) is 63.1 cm³/mol. The van der Waals surface area contributed by atoms with E-state index >= 15 is 0 Å². The summed E-state index contributed by atoms with van der Waals surface area (Å²) < 4.78 is 8.88. The van der Waals surface area contributed by atoms with E-state index in [2.05, 4.69) is 9.47 Å². The van der Waals surface area contributed by atoms with Gasteiger partial charge in [-0.05, 0) is 24.3 Å². The Balaban J connectivity index is 0. The molecule has 0 radical (unpaired) electrons. The van der Waals surface area contributed by atoms with Gasteiger partial charge in [0, 0.05) is 13.8 Å². The average molecular weight is 254 g/mol. The van der Waals surface area contributed by atoms with Crippen molar-refractivity contribution in [2.45, 2.75) is 13.8 Å². The Bertz CT molecular complexity index is 318. The molecule has 0 rings (SSSR count). The normalized spacial score (nSPS) is 9.89. The molecule has 0 fully saturated rings. The minimum absolute atomic E-state index is 0.396. The summed E-state index contributed by atoms with van der Waals surface area (Å²) in [4.78, 5) is 39.0. The maximum Gasteiger partial charge on any atom is 0.307 e. The zero-order chi connectivity index (χ0) is 14.2. The van der Waals surface area contributed by atoms with Gasteiger partial charge in [-0.2, -0.15) is 0 Å². The number of hydrogen-bond donors (Lipinski definition) is 0. The van der Waals surface area contributed by atoms with E-state index < -0.39 is 11.9 Å². The van der Waals surface area contributed by atoms with E-state index in [-0.39, 0.29) is 0 Å². The van der Waals surface area contributed by atoms with Crippen molar-refractivity contribution in [1.82, 2.24) is 0 Å². The number of ether oxygens (including phenoxy) is 2. The van der Waals surface area contributed by atoms with Crippen molar-refractivity contribution >= 4 is 24.5 Å². The highest BCUT2D eigenvalue weighted by molar-refractivity contribution is 5.75. The molecule has 0 atom stereocenters. The monoisotopic (exact) mass is 254 g/mol. The average Bonchev–Trinajstić information content (AvgIpc) is 2.31. The van der Waals surface area contributed by atoms with Crippen molar-refractivity contribution in [3.05, 3.63) is 36.8 Å². The molecule has 6 heteroatoms. The molecule has 0 aliphatic heterocycles. The minimum Gasteiger partial charge on any atom is -0.435 e. The van der Waals surface area contributed by atoms with Crippen molar-refractivity contribution in [3.8, 4) is 0 Å².